The third-order valence-corrected chi connectivity index (χ3v) is 5.79. The SMILES string of the molecule is O=C(Oc1cc(S(=O)(=O)c2ccccc2)ccc1[N+](=O)[O-])c1ccc(Cl)cc1. The zero-order chi connectivity index (χ0) is 20.3. The first-order chi connectivity index (χ1) is 13.3. The van der Waals surface area contributed by atoms with Crippen LogP contribution in [0.4, 0.5) is 5.69 Å². The number of halogens is 1. The van der Waals surface area contributed by atoms with E-state index < -0.39 is 32.2 Å². The molecule has 0 atom stereocenters. The van der Waals surface area contributed by atoms with E-state index in [9.17, 15) is 23.3 Å². The number of esters is 1. The molecule has 0 heterocycles. The van der Waals surface area contributed by atoms with Crippen molar-refractivity contribution in [3.8, 4) is 5.75 Å². The van der Waals surface area contributed by atoms with Gasteiger partial charge in [-0.1, -0.05) is 29.8 Å². The third-order valence-electron chi connectivity index (χ3n) is 3.77. The third kappa shape index (κ3) is 4.03. The van der Waals surface area contributed by atoms with Gasteiger partial charge >= 0.3 is 11.7 Å². The summed E-state index contributed by atoms with van der Waals surface area (Å²) in [6.07, 6.45) is 0. The Kier molecular flexibility index (Phi) is 5.43. The first kappa shape index (κ1) is 19.5. The second kappa shape index (κ2) is 7.79. The summed E-state index contributed by atoms with van der Waals surface area (Å²) in [4.78, 5) is 22.6. The molecular weight excluding hydrogens is 406 g/mol. The van der Waals surface area contributed by atoms with Crippen molar-refractivity contribution in [3.63, 3.8) is 0 Å². The zero-order valence-electron chi connectivity index (χ0n) is 14.1. The molecule has 28 heavy (non-hydrogen) atoms. The molecule has 3 rings (SSSR count). The lowest BCUT2D eigenvalue weighted by molar-refractivity contribution is -0.385. The molecule has 0 amide bonds. The van der Waals surface area contributed by atoms with E-state index in [0.29, 0.717) is 5.02 Å². The number of nitrogens with zero attached hydrogens (tertiary/aromatic N) is 1. The molecule has 0 saturated heterocycles. The van der Waals surface area contributed by atoms with Crippen LogP contribution in [-0.4, -0.2) is 19.3 Å². The molecule has 0 unspecified atom stereocenters. The van der Waals surface area contributed by atoms with Crippen LogP contribution >= 0.6 is 11.6 Å². The fourth-order valence-corrected chi connectivity index (χ4v) is 3.80. The molecule has 0 bridgehead atoms. The summed E-state index contributed by atoms with van der Waals surface area (Å²) in [5.41, 5.74) is -0.427. The summed E-state index contributed by atoms with van der Waals surface area (Å²) in [5.74, 6) is -1.35. The Morgan fingerprint density at radius 2 is 1.57 bits per heavy atom. The molecule has 0 aromatic heterocycles. The van der Waals surface area contributed by atoms with Gasteiger partial charge in [0.05, 0.1) is 20.3 Å². The van der Waals surface area contributed by atoms with Crippen LogP contribution in [0.3, 0.4) is 0 Å². The highest BCUT2D eigenvalue weighted by Crippen LogP contribution is 2.32. The van der Waals surface area contributed by atoms with Crippen molar-refractivity contribution in [1.82, 2.24) is 0 Å². The predicted octanol–water partition coefficient (Wildman–Crippen LogP) is 4.30. The zero-order valence-corrected chi connectivity index (χ0v) is 15.7. The van der Waals surface area contributed by atoms with Gasteiger partial charge in [-0.25, -0.2) is 13.2 Å². The normalized spacial score (nSPS) is 11.0. The smallest absolute Gasteiger partial charge is 0.343 e. The molecular formula is C19H12ClNO6S. The van der Waals surface area contributed by atoms with E-state index in [1.165, 1.54) is 36.4 Å². The van der Waals surface area contributed by atoms with Gasteiger partial charge in [0, 0.05) is 17.2 Å². The average molecular weight is 418 g/mol. The molecule has 0 aliphatic carbocycles. The molecule has 0 N–H and O–H groups in total. The lowest BCUT2D eigenvalue weighted by atomic mass is 10.2. The van der Waals surface area contributed by atoms with Crippen LogP contribution in [0.5, 0.6) is 5.75 Å². The van der Waals surface area contributed by atoms with Gasteiger partial charge in [0.2, 0.25) is 15.6 Å². The molecule has 0 saturated carbocycles. The maximum absolute atomic E-state index is 12.7. The van der Waals surface area contributed by atoms with Gasteiger partial charge in [-0.05, 0) is 42.5 Å². The molecule has 3 aromatic rings. The van der Waals surface area contributed by atoms with Crippen molar-refractivity contribution < 1.29 is 22.9 Å². The minimum atomic E-state index is -3.94. The van der Waals surface area contributed by atoms with Gasteiger partial charge in [-0.15, -0.1) is 0 Å². The second-order valence-corrected chi connectivity index (χ2v) is 7.99. The van der Waals surface area contributed by atoms with E-state index in [0.717, 1.165) is 18.2 Å². The highest BCUT2D eigenvalue weighted by Gasteiger charge is 2.25. The van der Waals surface area contributed by atoms with Gasteiger partial charge in [0.25, 0.3) is 0 Å². The number of sulfone groups is 1. The van der Waals surface area contributed by atoms with Crippen LogP contribution in [0.25, 0.3) is 0 Å². The lowest BCUT2D eigenvalue weighted by Gasteiger charge is -2.09. The Hall–Kier alpha value is -3.23. The first-order valence-corrected chi connectivity index (χ1v) is 9.71. The monoisotopic (exact) mass is 417 g/mol. The number of rotatable bonds is 5. The van der Waals surface area contributed by atoms with E-state index in [4.69, 9.17) is 16.3 Å². The van der Waals surface area contributed by atoms with E-state index in [1.807, 2.05) is 0 Å². The van der Waals surface area contributed by atoms with Crippen molar-refractivity contribution in [2.75, 3.05) is 0 Å². The standard InChI is InChI=1S/C19H12ClNO6S/c20-14-8-6-13(7-9-14)19(22)27-18-12-16(10-11-17(18)21(23)24)28(25,26)15-4-2-1-3-5-15/h1-12H. The number of nitro benzene ring substituents is 1. The number of nitro groups is 1. The van der Waals surface area contributed by atoms with E-state index in [-0.39, 0.29) is 15.4 Å². The fourth-order valence-electron chi connectivity index (χ4n) is 2.37. The van der Waals surface area contributed by atoms with Crippen molar-refractivity contribution in [3.05, 3.63) is 93.5 Å². The van der Waals surface area contributed by atoms with Crippen LogP contribution < -0.4 is 4.74 Å². The first-order valence-electron chi connectivity index (χ1n) is 7.85. The Bertz CT molecular complexity index is 1140. The maximum Gasteiger partial charge on any atom is 0.343 e. The van der Waals surface area contributed by atoms with Gasteiger partial charge in [0.1, 0.15) is 0 Å². The minimum absolute atomic E-state index is 0.0128. The molecule has 9 heteroatoms. The molecule has 3 aromatic carbocycles. The highest BCUT2D eigenvalue weighted by atomic mass is 35.5. The topological polar surface area (TPSA) is 104 Å². The van der Waals surface area contributed by atoms with E-state index in [2.05, 4.69) is 0 Å². The van der Waals surface area contributed by atoms with Gasteiger partial charge in [-0.3, -0.25) is 10.1 Å². The fraction of sp³-hybridized carbons (Fsp3) is 0. The van der Waals surface area contributed by atoms with Crippen LogP contribution in [-0.2, 0) is 9.84 Å². The summed E-state index contributed by atoms with van der Waals surface area (Å²) in [6, 6.07) is 16.3. The van der Waals surface area contributed by atoms with Gasteiger partial charge in [-0.2, -0.15) is 0 Å². The molecule has 142 valence electrons. The summed E-state index contributed by atoms with van der Waals surface area (Å²) in [6.45, 7) is 0. The predicted molar refractivity (Wildman–Crippen MR) is 101 cm³/mol. The Balaban J connectivity index is 2.02. The van der Waals surface area contributed by atoms with Crippen LogP contribution in [0, 0.1) is 10.1 Å². The average Bonchev–Trinajstić information content (AvgIpc) is 2.69. The Morgan fingerprint density at radius 1 is 0.929 bits per heavy atom. The van der Waals surface area contributed by atoms with Crippen molar-refractivity contribution >= 4 is 33.1 Å². The van der Waals surface area contributed by atoms with Crippen molar-refractivity contribution in [1.29, 1.82) is 0 Å². The quantitative estimate of drug-likeness (QED) is 0.265. The minimum Gasteiger partial charge on any atom is -0.415 e. The van der Waals surface area contributed by atoms with Gasteiger partial charge in [0.15, 0.2) is 0 Å². The van der Waals surface area contributed by atoms with Crippen molar-refractivity contribution in [2.24, 2.45) is 0 Å². The number of benzene rings is 3. The molecule has 0 radical (unpaired) electrons. The maximum atomic E-state index is 12.7. The van der Waals surface area contributed by atoms with Gasteiger partial charge < -0.3 is 4.74 Å². The number of carbonyl (C=O) groups excluding carboxylic acids is 1. The summed E-state index contributed by atoms with van der Waals surface area (Å²) in [7, 11) is -3.94. The Labute approximate surface area is 165 Å². The summed E-state index contributed by atoms with van der Waals surface area (Å²) >= 11 is 5.76. The largest absolute Gasteiger partial charge is 0.415 e. The molecule has 7 nitrogen and oxygen atoms in total. The summed E-state index contributed by atoms with van der Waals surface area (Å²) < 4.78 is 30.6. The van der Waals surface area contributed by atoms with E-state index in [1.54, 1.807) is 18.2 Å². The lowest BCUT2D eigenvalue weighted by Crippen LogP contribution is -2.11. The number of ether oxygens (including phenoxy) is 1. The highest BCUT2D eigenvalue weighted by molar-refractivity contribution is 7.91. The summed E-state index contributed by atoms with van der Waals surface area (Å²) in [5, 5.41) is 11.7. The number of hydrogen-bond donors (Lipinski definition) is 0. The van der Waals surface area contributed by atoms with Crippen LogP contribution in [0.15, 0.2) is 82.6 Å². The number of hydrogen-bond acceptors (Lipinski definition) is 6. The molecule has 0 aliphatic heterocycles. The van der Waals surface area contributed by atoms with Crippen LogP contribution in [0.2, 0.25) is 5.02 Å². The molecule has 0 fully saturated rings. The van der Waals surface area contributed by atoms with Crippen LogP contribution in [0.1, 0.15) is 10.4 Å². The van der Waals surface area contributed by atoms with E-state index >= 15 is 0 Å². The van der Waals surface area contributed by atoms with Crippen molar-refractivity contribution in [2.45, 2.75) is 9.79 Å². The molecule has 0 aliphatic rings. The number of carbonyl (C=O) groups is 1. The second-order valence-electron chi connectivity index (χ2n) is 5.60. The molecule has 0 spiro atoms. The Morgan fingerprint density at radius 3 is 2.18 bits per heavy atom.